The van der Waals surface area contributed by atoms with Crippen molar-refractivity contribution in [3.63, 3.8) is 0 Å². The fourth-order valence-electron chi connectivity index (χ4n) is 4.07. The highest BCUT2D eigenvalue weighted by atomic mass is 32.2. The Kier molecular flexibility index (Phi) is 8.92. The summed E-state index contributed by atoms with van der Waals surface area (Å²) < 4.78 is 78.7. The van der Waals surface area contributed by atoms with Gasteiger partial charge in [-0.2, -0.15) is 18.3 Å². The number of methoxy groups -OCH3 is 1. The third-order valence-electron chi connectivity index (χ3n) is 6.20. The number of nitrogens with one attached hydrogen (secondary N) is 2. The highest BCUT2D eigenvalue weighted by Crippen LogP contribution is 2.37. The SMILES string of the molecule is COc1cccc(COc2cccc(CSc3[nH]nc(NS(=O)(=O)c4ccc(C(F)(F)F)cc4)c3-c3ccccn3)c2)c1. The number of aromatic amines is 1. The number of rotatable bonds is 11. The predicted molar refractivity (Wildman–Crippen MR) is 157 cm³/mol. The zero-order chi connectivity index (χ0) is 30.5. The molecule has 0 saturated carbocycles. The number of halogens is 3. The van der Waals surface area contributed by atoms with Crippen molar-refractivity contribution < 1.29 is 31.1 Å². The molecule has 2 heterocycles. The molecule has 0 fully saturated rings. The van der Waals surface area contributed by atoms with E-state index in [2.05, 4.69) is 19.9 Å². The Morgan fingerprint density at radius 2 is 1.63 bits per heavy atom. The minimum Gasteiger partial charge on any atom is -0.497 e. The molecule has 2 aromatic heterocycles. The molecule has 0 aliphatic rings. The van der Waals surface area contributed by atoms with Gasteiger partial charge in [-0.1, -0.05) is 30.3 Å². The molecule has 3 aromatic carbocycles. The average molecular weight is 627 g/mol. The minimum absolute atomic E-state index is 0.0310. The van der Waals surface area contributed by atoms with Crippen LogP contribution in [0.5, 0.6) is 11.5 Å². The normalized spacial score (nSPS) is 11.7. The molecular weight excluding hydrogens is 601 g/mol. The highest BCUT2D eigenvalue weighted by molar-refractivity contribution is 7.98. The molecule has 0 radical (unpaired) electrons. The first kappa shape index (κ1) is 30.0. The van der Waals surface area contributed by atoms with Crippen molar-refractivity contribution in [2.75, 3.05) is 11.8 Å². The van der Waals surface area contributed by atoms with Gasteiger partial charge >= 0.3 is 6.18 Å². The van der Waals surface area contributed by atoms with E-state index >= 15 is 0 Å². The van der Waals surface area contributed by atoms with E-state index in [4.69, 9.17) is 9.47 Å². The number of nitrogens with zero attached hydrogens (tertiary/aromatic N) is 2. The van der Waals surface area contributed by atoms with Crippen molar-refractivity contribution in [2.45, 2.75) is 28.5 Å². The van der Waals surface area contributed by atoms with Crippen molar-refractivity contribution >= 4 is 27.6 Å². The van der Waals surface area contributed by atoms with Crippen LogP contribution in [-0.2, 0) is 28.6 Å². The molecule has 5 aromatic rings. The van der Waals surface area contributed by atoms with Crippen molar-refractivity contribution in [1.82, 2.24) is 15.2 Å². The number of aromatic nitrogens is 3. The van der Waals surface area contributed by atoms with E-state index < -0.39 is 21.8 Å². The van der Waals surface area contributed by atoms with Gasteiger partial charge in [0, 0.05) is 11.9 Å². The Hall–Kier alpha value is -4.49. The monoisotopic (exact) mass is 626 g/mol. The Balaban J connectivity index is 1.34. The third kappa shape index (κ3) is 7.48. The number of alkyl halides is 3. The van der Waals surface area contributed by atoms with Gasteiger partial charge in [0.1, 0.15) is 23.1 Å². The number of anilines is 1. The van der Waals surface area contributed by atoms with E-state index in [0.717, 1.165) is 29.0 Å². The van der Waals surface area contributed by atoms with E-state index in [1.54, 1.807) is 31.5 Å². The molecule has 0 aliphatic carbocycles. The Labute approximate surface area is 250 Å². The molecule has 222 valence electrons. The van der Waals surface area contributed by atoms with Gasteiger partial charge in [0.25, 0.3) is 10.0 Å². The van der Waals surface area contributed by atoms with Gasteiger partial charge in [-0.3, -0.25) is 14.8 Å². The lowest BCUT2D eigenvalue weighted by atomic mass is 10.2. The van der Waals surface area contributed by atoms with E-state index in [0.29, 0.717) is 46.5 Å². The van der Waals surface area contributed by atoms with E-state index in [-0.39, 0.29) is 10.7 Å². The number of ether oxygens (including phenoxy) is 2. The minimum atomic E-state index is -4.59. The van der Waals surface area contributed by atoms with Crippen LogP contribution in [0.3, 0.4) is 0 Å². The van der Waals surface area contributed by atoms with Crippen LogP contribution in [0.2, 0.25) is 0 Å². The van der Waals surface area contributed by atoms with Gasteiger partial charge in [-0.25, -0.2) is 8.42 Å². The van der Waals surface area contributed by atoms with Crippen LogP contribution in [0.25, 0.3) is 11.3 Å². The molecule has 0 bridgehead atoms. The predicted octanol–water partition coefficient (Wildman–Crippen LogP) is 7.17. The maximum atomic E-state index is 13.1. The summed E-state index contributed by atoms with van der Waals surface area (Å²) in [4.78, 5) is 4.02. The number of pyridine rings is 1. The van der Waals surface area contributed by atoms with Crippen LogP contribution < -0.4 is 14.2 Å². The molecule has 2 N–H and O–H groups in total. The standard InChI is InChI=1S/C30H25F3N4O4S2/c1-40-23-8-4-6-20(16-23)18-41-24-9-5-7-21(17-24)19-42-29-27(26-10-2-3-15-34-26)28(35-36-29)37-43(38,39)25-13-11-22(12-14-25)30(31,32)33/h2-17H,18-19H2,1H3,(H2,35,36,37). The lowest BCUT2D eigenvalue weighted by molar-refractivity contribution is -0.137. The number of hydrogen-bond acceptors (Lipinski definition) is 7. The molecule has 43 heavy (non-hydrogen) atoms. The second-order valence-corrected chi connectivity index (χ2v) is 11.9. The first-order chi connectivity index (χ1) is 20.6. The van der Waals surface area contributed by atoms with Crippen molar-refractivity contribution in [3.8, 4) is 22.8 Å². The number of benzene rings is 3. The fourth-order valence-corrected chi connectivity index (χ4v) is 6.03. The van der Waals surface area contributed by atoms with Crippen LogP contribution in [0, 0.1) is 0 Å². The number of hydrogen-bond donors (Lipinski definition) is 2. The molecule has 13 heteroatoms. The fraction of sp³-hybridized carbons (Fsp3) is 0.133. The van der Waals surface area contributed by atoms with Crippen LogP contribution in [-0.4, -0.2) is 30.7 Å². The summed E-state index contributed by atoms with van der Waals surface area (Å²) in [6.07, 6.45) is -3.02. The second-order valence-electron chi connectivity index (χ2n) is 9.20. The quantitative estimate of drug-likeness (QED) is 0.150. The zero-order valence-electron chi connectivity index (χ0n) is 22.6. The lowest BCUT2D eigenvalue weighted by Gasteiger charge is -2.11. The summed E-state index contributed by atoms with van der Waals surface area (Å²) in [5, 5.41) is 7.60. The first-order valence-electron chi connectivity index (χ1n) is 12.8. The summed E-state index contributed by atoms with van der Waals surface area (Å²) in [5.74, 6) is 1.89. The summed E-state index contributed by atoms with van der Waals surface area (Å²) in [7, 11) is -2.65. The topological polar surface area (TPSA) is 106 Å². The van der Waals surface area contributed by atoms with Gasteiger partial charge in [-0.05, 0) is 71.8 Å². The molecule has 8 nitrogen and oxygen atoms in total. The molecule has 0 amide bonds. The van der Waals surface area contributed by atoms with E-state index in [1.165, 1.54) is 11.8 Å². The Morgan fingerprint density at radius 3 is 2.33 bits per heavy atom. The maximum Gasteiger partial charge on any atom is 0.416 e. The van der Waals surface area contributed by atoms with Crippen molar-refractivity contribution in [1.29, 1.82) is 0 Å². The van der Waals surface area contributed by atoms with Crippen molar-refractivity contribution in [2.24, 2.45) is 0 Å². The Morgan fingerprint density at radius 1 is 0.907 bits per heavy atom. The zero-order valence-corrected chi connectivity index (χ0v) is 24.3. The maximum absolute atomic E-state index is 13.1. The largest absolute Gasteiger partial charge is 0.497 e. The molecule has 0 atom stereocenters. The number of thioether (sulfide) groups is 1. The summed E-state index contributed by atoms with van der Waals surface area (Å²) in [6, 6.07) is 23.6. The lowest BCUT2D eigenvalue weighted by Crippen LogP contribution is -2.14. The summed E-state index contributed by atoms with van der Waals surface area (Å²) in [5.41, 5.74) is 1.82. The molecule has 5 rings (SSSR count). The molecule has 0 saturated heterocycles. The van der Waals surface area contributed by atoms with Crippen LogP contribution >= 0.6 is 11.8 Å². The molecule has 0 spiro atoms. The first-order valence-corrected chi connectivity index (χ1v) is 15.3. The van der Waals surface area contributed by atoms with Crippen LogP contribution in [0.15, 0.2) is 107 Å². The third-order valence-corrected chi connectivity index (χ3v) is 8.62. The summed E-state index contributed by atoms with van der Waals surface area (Å²) in [6.45, 7) is 0.362. The Bertz CT molecular complexity index is 1800. The molecule has 0 aliphatic heterocycles. The van der Waals surface area contributed by atoms with Gasteiger partial charge in [0.05, 0.1) is 28.8 Å². The van der Waals surface area contributed by atoms with Crippen molar-refractivity contribution in [3.05, 3.63) is 114 Å². The number of H-pyrrole nitrogens is 1. The summed E-state index contributed by atoms with van der Waals surface area (Å²) >= 11 is 1.38. The average Bonchev–Trinajstić information content (AvgIpc) is 3.40. The van der Waals surface area contributed by atoms with Crippen LogP contribution in [0.4, 0.5) is 19.0 Å². The van der Waals surface area contributed by atoms with Gasteiger partial charge in [-0.15, -0.1) is 11.8 Å². The van der Waals surface area contributed by atoms with Gasteiger partial charge in [0.2, 0.25) is 0 Å². The van der Waals surface area contributed by atoms with Gasteiger partial charge in [0.15, 0.2) is 5.82 Å². The smallest absolute Gasteiger partial charge is 0.416 e. The molecule has 0 unspecified atom stereocenters. The van der Waals surface area contributed by atoms with Crippen LogP contribution in [0.1, 0.15) is 16.7 Å². The van der Waals surface area contributed by atoms with Gasteiger partial charge < -0.3 is 9.47 Å². The number of sulfonamides is 1. The molecular formula is C30H25F3N4O4S2. The van der Waals surface area contributed by atoms with E-state index in [1.807, 2.05) is 48.5 Å². The van der Waals surface area contributed by atoms with E-state index in [9.17, 15) is 21.6 Å². The second kappa shape index (κ2) is 12.8. The highest BCUT2D eigenvalue weighted by Gasteiger charge is 2.31.